The summed E-state index contributed by atoms with van der Waals surface area (Å²) in [7, 11) is 0. The molecule has 0 radical (unpaired) electrons. The monoisotopic (exact) mass is 245 g/mol. The summed E-state index contributed by atoms with van der Waals surface area (Å²) in [6.07, 6.45) is 1.37. The Labute approximate surface area is 82.5 Å². The molecular formula is C7H8BrN3O2. The molecule has 5 nitrogen and oxygen atoms in total. The van der Waals surface area contributed by atoms with Crippen molar-refractivity contribution in [3.05, 3.63) is 27.1 Å². The highest BCUT2D eigenvalue weighted by molar-refractivity contribution is 9.10. The SMILES string of the molecule is NC(=O)Cn1cc(N)cc(Br)c1=O. The van der Waals surface area contributed by atoms with Gasteiger partial charge >= 0.3 is 0 Å². The Morgan fingerprint density at radius 1 is 1.62 bits per heavy atom. The Bertz CT molecular complexity index is 399. The van der Waals surface area contributed by atoms with Crippen molar-refractivity contribution >= 4 is 27.5 Å². The van der Waals surface area contributed by atoms with Gasteiger partial charge in [-0.2, -0.15) is 0 Å². The number of aromatic nitrogens is 1. The van der Waals surface area contributed by atoms with Gasteiger partial charge < -0.3 is 16.0 Å². The van der Waals surface area contributed by atoms with Crippen molar-refractivity contribution < 1.29 is 4.79 Å². The maximum absolute atomic E-state index is 11.3. The number of amides is 1. The Morgan fingerprint density at radius 2 is 2.23 bits per heavy atom. The minimum atomic E-state index is -0.584. The number of rotatable bonds is 2. The van der Waals surface area contributed by atoms with Crippen molar-refractivity contribution in [3.8, 4) is 0 Å². The molecule has 6 heteroatoms. The van der Waals surface area contributed by atoms with Crippen LogP contribution in [0.15, 0.2) is 21.5 Å². The number of anilines is 1. The average Bonchev–Trinajstić information content (AvgIpc) is 1.98. The molecule has 0 unspecified atom stereocenters. The molecule has 0 bridgehead atoms. The van der Waals surface area contributed by atoms with Gasteiger partial charge in [-0.3, -0.25) is 9.59 Å². The minimum absolute atomic E-state index is 0.164. The molecular weight excluding hydrogens is 238 g/mol. The topological polar surface area (TPSA) is 91.1 Å². The summed E-state index contributed by atoms with van der Waals surface area (Å²) in [5.41, 5.74) is 10.5. The molecule has 0 saturated heterocycles. The average molecular weight is 246 g/mol. The number of hydrogen-bond acceptors (Lipinski definition) is 3. The van der Waals surface area contributed by atoms with E-state index in [0.29, 0.717) is 10.2 Å². The first-order chi connectivity index (χ1) is 6.00. The summed E-state index contributed by atoms with van der Waals surface area (Å²) in [5.74, 6) is -0.584. The predicted octanol–water partition coefficient (Wildman–Crippen LogP) is -0.322. The normalized spacial score (nSPS) is 9.92. The van der Waals surface area contributed by atoms with Crippen LogP contribution in [0, 0.1) is 0 Å². The van der Waals surface area contributed by atoms with Crippen LogP contribution in [0.5, 0.6) is 0 Å². The number of hydrogen-bond donors (Lipinski definition) is 2. The third-order valence-electron chi connectivity index (χ3n) is 1.39. The molecule has 0 aliphatic carbocycles. The van der Waals surface area contributed by atoms with Crippen molar-refractivity contribution in [2.24, 2.45) is 5.73 Å². The van der Waals surface area contributed by atoms with Crippen LogP contribution in [0.1, 0.15) is 0 Å². The number of pyridine rings is 1. The van der Waals surface area contributed by atoms with E-state index in [1.807, 2.05) is 0 Å². The first-order valence-corrected chi connectivity index (χ1v) is 4.24. The van der Waals surface area contributed by atoms with Gasteiger partial charge in [-0.25, -0.2) is 0 Å². The number of nitrogens with two attached hydrogens (primary N) is 2. The molecule has 4 N–H and O–H groups in total. The second-order valence-corrected chi connectivity index (χ2v) is 3.38. The third kappa shape index (κ3) is 2.32. The number of carbonyl (C=O) groups excluding carboxylic acids is 1. The standard InChI is InChI=1S/C7H8BrN3O2/c8-5-1-4(9)2-11(7(5)13)3-6(10)12/h1-2H,3,9H2,(H2,10,12). The molecule has 1 aromatic rings. The van der Waals surface area contributed by atoms with Crippen molar-refractivity contribution in [2.75, 3.05) is 5.73 Å². The molecule has 0 spiro atoms. The summed E-state index contributed by atoms with van der Waals surface area (Å²) in [4.78, 5) is 21.9. The summed E-state index contributed by atoms with van der Waals surface area (Å²) in [5, 5.41) is 0. The highest BCUT2D eigenvalue weighted by Crippen LogP contribution is 2.07. The molecule has 0 saturated carbocycles. The van der Waals surface area contributed by atoms with Gasteiger partial charge in [0.2, 0.25) is 5.91 Å². The van der Waals surface area contributed by atoms with E-state index in [9.17, 15) is 9.59 Å². The summed E-state index contributed by atoms with van der Waals surface area (Å²) in [6.45, 7) is -0.164. The van der Waals surface area contributed by atoms with Crippen LogP contribution >= 0.6 is 15.9 Å². The van der Waals surface area contributed by atoms with E-state index >= 15 is 0 Å². The quantitative estimate of drug-likeness (QED) is 0.748. The molecule has 0 aliphatic heterocycles. The first-order valence-electron chi connectivity index (χ1n) is 3.44. The van der Waals surface area contributed by atoms with Crippen LogP contribution in [0.25, 0.3) is 0 Å². The maximum Gasteiger partial charge on any atom is 0.265 e. The van der Waals surface area contributed by atoms with Crippen molar-refractivity contribution in [1.82, 2.24) is 4.57 Å². The lowest BCUT2D eigenvalue weighted by Crippen LogP contribution is -2.28. The zero-order chi connectivity index (χ0) is 10.0. The number of nitrogen functional groups attached to an aromatic ring is 1. The van der Waals surface area contributed by atoms with Gasteiger partial charge in [0.05, 0.1) is 4.47 Å². The fourth-order valence-corrected chi connectivity index (χ4v) is 1.40. The molecule has 0 fully saturated rings. The molecule has 1 amide bonds. The van der Waals surface area contributed by atoms with E-state index in [0.717, 1.165) is 4.57 Å². The fourth-order valence-electron chi connectivity index (χ4n) is 0.906. The van der Waals surface area contributed by atoms with Gasteiger partial charge in [0.25, 0.3) is 5.56 Å². The van der Waals surface area contributed by atoms with E-state index in [1.165, 1.54) is 12.3 Å². The van der Waals surface area contributed by atoms with Crippen molar-refractivity contribution in [1.29, 1.82) is 0 Å². The van der Waals surface area contributed by atoms with E-state index in [1.54, 1.807) is 0 Å². The summed E-state index contributed by atoms with van der Waals surface area (Å²) in [6, 6.07) is 1.47. The zero-order valence-corrected chi connectivity index (χ0v) is 8.24. The van der Waals surface area contributed by atoms with Gasteiger partial charge in [-0.15, -0.1) is 0 Å². The van der Waals surface area contributed by atoms with Crippen molar-refractivity contribution in [2.45, 2.75) is 6.54 Å². The van der Waals surface area contributed by atoms with Gasteiger partial charge in [0.15, 0.2) is 0 Å². The van der Waals surface area contributed by atoms with Crippen LogP contribution in [-0.2, 0) is 11.3 Å². The molecule has 1 aromatic heterocycles. The minimum Gasteiger partial charge on any atom is -0.398 e. The van der Waals surface area contributed by atoms with Crippen LogP contribution in [0.2, 0.25) is 0 Å². The molecule has 70 valence electrons. The largest absolute Gasteiger partial charge is 0.398 e. The highest BCUT2D eigenvalue weighted by Gasteiger charge is 2.04. The Kier molecular flexibility index (Phi) is 2.72. The van der Waals surface area contributed by atoms with Crippen LogP contribution in [-0.4, -0.2) is 10.5 Å². The van der Waals surface area contributed by atoms with Gasteiger partial charge in [-0.05, 0) is 22.0 Å². The molecule has 13 heavy (non-hydrogen) atoms. The number of carbonyl (C=O) groups is 1. The molecule has 1 heterocycles. The van der Waals surface area contributed by atoms with E-state index < -0.39 is 5.91 Å². The van der Waals surface area contributed by atoms with Gasteiger partial charge in [0, 0.05) is 11.9 Å². The Morgan fingerprint density at radius 3 is 2.77 bits per heavy atom. The predicted molar refractivity (Wildman–Crippen MR) is 52.0 cm³/mol. The highest BCUT2D eigenvalue weighted by atomic mass is 79.9. The van der Waals surface area contributed by atoms with E-state index in [-0.39, 0.29) is 12.1 Å². The van der Waals surface area contributed by atoms with E-state index in [2.05, 4.69) is 15.9 Å². The maximum atomic E-state index is 11.3. The van der Waals surface area contributed by atoms with Crippen LogP contribution in [0.4, 0.5) is 5.69 Å². The molecule has 0 aromatic carbocycles. The van der Waals surface area contributed by atoms with Crippen LogP contribution in [0.3, 0.4) is 0 Å². The zero-order valence-electron chi connectivity index (χ0n) is 6.66. The van der Waals surface area contributed by atoms with E-state index in [4.69, 9.17) is 11.5 Å². The summed E-state index contributed by atoms with van der Waals surface area (Å²) >= 11 is 3.02. The lowest BCUT2D eigenvalue weighted by molar-refractivity contribution is -0.118. The van der Waals surface area contributed by atoms with Gasteiger partial charge in [-0.1, -0.05) is 0 Å². The van der Waals surface area contributed by atoms with Crippen molar-refractivity contribution in [3.63, 3.8) is 0 Å². The first kappa shape index (κ1) is 9.79. The van der Waals surface area contributed by atoms with Gasteiger partial charge in [0.1, 0.15) is 6.54 Å². The van der Waals surface area contributed by atoms with Crippen LogP contribution < -0.4 is 17.0 Å². The molecule has 1 rings (SSSR count). The smallest absolute Gasteiger partial charge is 0.265 e. The Balaban J connectivity index is 3.21. The number of primary amides is 1. The third-order valence-corrected chi connectivity index (χ3v) is 1.96. The Hall–Kier alpha value is -1.30. The summed E-state index contributed by atoms with van der Waals surface area (Å²) < 4.78 is 1.47. The number of halogens is 1. The lowest BCUT2D eigenvalue weighted by atomic mass is 10.4. The second-order valence-electron chi connectivity index (χ2n) is 2.52. The second kappa shape index (κ2) is 3.61. The number of nitrogens with zero attached hydrogens (tertiary/aromatic N) is 1. The lowest BCUT2D eigenvalue weighted by Gasteiger charge is -2.04. The molecule has 0 atom stereocenters. The fraction of sp³-hybridized carbons (Fsp3) is 0.143. The molecule has 0 aliphatic rings.